The maximum atomic E-state index is 5.14. The minimum Gasteiger partial charge on any atom is -0.497 e. The van der Waals surface area contributed by atoms with Crippen molar-refractivity contribution in [2.24, 2.45) is 0 Å². The lowest BCUT2D eigenvalue weighted by Crippen LogP contribution is -2.41. The molecule has 16 heavy (non-hydrogen) atoms. The third-order valence-electron chi connectivity index (χ3n) is 3.02. The highest BCUT2D eigenvalue weighted by atomic mass is 16.5. The molecule has 0 amide bonds. The van der Waals surface area contributed by atoms with Gasteiger partial charge in [0.1, 0.15) is 5.75 Å². The van der Waals surface area contributed by atoms with Crippen LogP contribution in [0.3, 0.4) is 0 Å². The number of nitrogens with zero attached hydrogens (tertiary/aromatic N) is 2. The first-order valence-corrected chi connectivity index (χ1v) is 5.87. The highest BCUT2D eigenvalue weighted by molar-refractivity contribution is 5.27. The summed E-state index contributed by atoms with van der Waals surface area (Å²) in [6.07, 6.45) is 1.12. The molecule has 1 radical (unpaired) electrons. The summed E-state index contributed by atoms with van der Waals surface area (Å²) in [4.78, 5) is 2.48. The molecule has 0 atom stereocenters. The molecule has 0 saturated carbocycles. The molecule has 0 aliphatic carbocycles. The van der Waals surface area contributed by atoms with Gasteiger partial charge in [-0.25, -0.2) is 5.32 Å². The number of methoxy groups -OCH3 is 1. The zero-order valence-corrected chi connectivity index (χ0v) is 9.85. The van der Waals surface area contributed by atoms with E-state index in [0.29, 0.717) is 0 Å². The summed E-state index contributed by atoms with van der Waals surface area (Å²) in [5.74, 6) is 0.931. The second-order valence-corrected chi connectivity index (χ2v) is 4.11. The summed E-state index contributed by atoms with van der Waals surface area (Å²) in [5, 5.41) is 4.35. The first-order valence-electron chi connectivity index (χ1n) is 5.87. The van der Waals surface area contributed by atoms with Gasteiger partial charge in [0.05, 0.1) is 7.11 Å². The van der Waals surface area contributed by atoms with Crippen molar-refractivity contribution in [2.75, 3.05) is 39.8 Å². The molecule has 0 aromatic heterocycles. The topological polar surface area (TPSA) is 26.6 Å². The largest absolute Gasteiger partial charge is 0.497 e. The standard InChI is InChI=1S/C13H19N2O/c1-16-13-4-2-12(3-5-13)6-9-15-10-7-14-8-11-15/h2-5H,6-11H2,1H3. The SMILES string of the molecule is COc1ccc(CCN2CC[N]CC2)cc1. The summed E-state index contributed by atoms with van der Waals surface area (Å²) in [6.45, 7) is 5.39. The van der Waals surface area contributed by atoms with Gasteiger partial charge in [0, 0.05) is 32.7 Å². The van der Waals surface area contributed by atoms with E-state index in [1.165, 1.54) is 5.56 Å². The fraction of sp³-hybridized carbons (Fsp3) is 0.538. The van der Waals surface area contributed by atoms with E-state index in [1.54, 1.807) is 7.11 Å². The molecule has 2 rings (SSSR count). The molecule has 1 saturated heterocycles. The van der Waals surface area contributed by atoms with Crippen LogP contribution in [0, 0.1) is 0 Å². The van der Waals surface area contributed by atoms with Crippen molar-refractivity contribution in [1.82, 2.24) is 10.2 Å². The maximum absolute atomic E-state index is 5.14. The van der Waals surface area contributed by atoms with Crippen molar-refractivity contribution in [1.29, 1.82) is 0 Å². The number of benzene rings is 1. The van der Waals surface area contributed by atoms with Crippen molar-refractivity contribution in [2.45, 2.75) is 6.42 Å². The number of rotatable bonds is 4. The molecule has 3 heteroatoms. The van der Waals surface area contributed by atoms with E-state index in [-0.39, 0.29) is 0 Å². The second-order valence-electron chi connectivity index (χ2n) is 4.11. The van der Waals surface area contributed by atoms with Crippen molar-refractivity contribution in [3.05, 3.63) is 29.8 Å². The molecular weight excluding hydrogens is 200 g/mol. The van der Waals surface area contributed by atoms with Crippen LogP contribution in [0.5, 0.6) is 5.75 Å². The van der Waals surface area contributed by atoms with Gasteiger partial charge in [-0.2, -0.15) is 0 Å². The number of hydrogen-bond donors (Lipinski definition) is 0. The Balaban J connectivity index is 1.79. The normalized spacial score (nSPS) is 17.3. The summed E-state index contributed by atoms with van der Waals surface area (Å²) >= 11 is 0. The van der Waals surface area contributed by atoms with E-state index in [9.17, 15) is 0 Å². The number of hydrogen-bond acceptors (Lipinski definition) is 2. The Labute approximate surface area is 97.4 Å². The lowest BCUT2D eigenvalue weighted by molar-refractivity contribution is 0.241. The van der Waals surface area contributed by atoms with Crippen LogP contribution in [0.25, 0.3) is 0 Å². The third-order valence-corrected chi connectivity index (χ3v) is 3.02. The van der Waals surface area contributed by atoms with Gasteiger partial charge in [-0.3, -0.25) is 0 Å². The molecule has 87 valence electrons. The van der Waals surface area contributed by atoms with Crippen LogP contribution in [-0.4, -0.2) is 44.7 Å². The lowest BCUT2D eigenvalue weighted by atomic mass is 10.1. The van der Waals surface area contributed by atoms with Crippen LogP contribution in [0.4, 0.5) is 0 Å². The number of ether oxygens (including phenoxy) is 1. The Kier molecular flexibility index (Phi) is 4.19. The number of piperazine rings is 1. The van der Waals surface area contributed by atoms with Gasteiger partial charge in [0.2, 0.25) is 0 Å². The van der Waals surface area contributed by atoms with Crippen molar-refractivity contribution >= 4 is 0 Å². The quantitative estimate of drug-likeness (QED) is 0.759. The van der Waals surface area contributed by atoms with E-state index in [0.717, 1.165) is 44.9 Å². The van der Waals surface area contributed by atoms with Crippen LogP contribution in [0.1, 0.15) is 5.56 Å². The van der Waals surface area contributed by atoms with E-state index in [1.807, 2.05) is 12.1 Å². The minimum absolute atomic E-state index is 0.931. The van der Waals surface area contributed by atoms with Crippen LogP contribution in [0.2, 0.25) is 0 Å². The van der Waals surface area contributed by atoms with E-state index < -0.39 is 0 Å². The van der Waals surface area contributed by atoms with Crippen LogP contribution < -0.4 is 10.1 Å². The monoisotopic (exact) mass is 219 g/mol. The third kappa shape index (κ3) is 3.22. The van der Waals surface area contributed by atoms with Crippen molar-refractivity contribution in [3.8, 4) is 5.75 Å². The molecule has 1 aromatic rings. The fourth-order valence-corrected chi connectivity index (χ4v) is 1.95. The average molecular weight is 219 g/mol. The van der Waals surface area contributed by atoms with Gasteiger partial charge in [0.15, 0.2) is 0 Å². The Morgan fingerprint density at radius 2 is 1.88 bits per heavy atom. The van der Waals surface area contributed by atoms with E-state index in [4.69, 9.17) is 4.74 Å². The van der Waals surface area contributed by atoms with Crippen LogP contribution in [-0.2, 0) is 6.42 Å². The molecule has 0 unspecified atom stereocenters. The van der Waals surface area contributed by atoms with Gasteiger partial charge in [-0.1, -0.05) is 12.1 Å². The molecule has 1 fully saturated rings. The summed E-state index contributed by atoms with van der Waals surface area (Å²) < 4.78 is 5.14. The first kappa shape index (κ1) is 11.4. The van der Waals surface area contributed by atoms with Crippen molar-refractivity contribution in [3.63, 3.8) is 0 Å². The zero-order chi connectivity index (χ0) is 11.2. The van der Waals surface area contributed by atoms with Gasteiger partial charge < -0.3 is 9.64 Å². The Hall–Kier alpha value is -1.06. The summed E-state index contributed by atoms with van der Waals surface area (Å²) in [6, 6.07) is 8.35. The van der Waals surface area contributed by atoms with Gasteiger partial charge in [0.25, 0.3) is 0 Å². The molecule has 1 aliphatic heterocycles. The molecule has 1 heterocycles. The first-order chi connectivity index (χ1) is 7.88. The average Bonchev–Trinajstić information content (AvgIpc) is 2.38. The molecule has 0 spiro atoms. The molecule has 0 N–H and O–H groups in total. The molecule has 1 aromatic carbocycles. The Morgan fingerprint density at radius 1 is 1.19 bits per heavy atom. The fourth-order valence-electron chi connectivity index (χ4n) is 1.95. The highest BCUT2D eigenvalue weighted by Gasteiger charge is 2.09. The van der Waals surface area contributed by atoms with Gasteiger partial charge in [-0.15, -0.1) is 0 Å². The summed E-state index contributed by atoms with van der Waals surface area (Å²) in [5.41, 5.74) is 1.38. The lowest BCUT2D eigenvalue weighted by Gasteiger charge is -2.26. The summed E-state index contributed by atoms with van der Waals surface area (Å²) in [7, 11) is 1.70. The molecular formula is C13H19N2O. The predicted octanol–water partition coefficient (Wildman–Crippen LogP) is 1.16. The van der Waals surface area contributed by atoms with Crippen molar-refractivity contribution < 1.29 is 4.74 Å². The van der Waals surface area contributed by atoms with Crippen LogP contribution in [0.15, 0.2) is 24.3 Å². The Morgan fingerprint density at radius 3 is 2.50 bits per heavy atom. The van der Waals surface area contributed by atoms with Gasteiger partial charge >= 0.3 is 0 Å². The predicted molar refractivity (Wildman–Crippen MR) is 65.0 cm³/mol. The van der Waals surface area contributed by atoms with Crippen LogP contribution >= 0.6 is 0 Å². The van der Waals surface area contributed by atoms with Gasteiger partial charge in [-0.05, 0) is 24.1 Å². The molecule has 3 nitrogen and oxygen atoms in total. The van der Waals surface area contributed by atoms with E-state index in [2.05, 4.69) is 22.3 Å². The minimum atomic E-state index is 0.931. The molecule has 0 bridgehead atoms. The Bertz CT molecular complexity index is 304. The maximum Gasteiger partial charge on any atom is 0.118 e. The highest BCUT2D eigenvalue weighted by Crippen LogP contribution is 2.12. The second kappa shape index (κ2) is 5.87. The van der Waals surface area contributed by atoms with E-state index >= 15 is 0 Å². The molecule has 1 aliphatic rings. The zero-order valence-electron chi connectivity index (χ0n) is 9.85. The smallest absolute Gasteiger partial charge is 0.118 e.